The Bertz CT molecular complexity index is 268. The Balaban J connectivity index is 1.48. The van der Waals surface area contributed by atoms with E-state index in [0.29, 0.717) is 0 Å². The number of aryl methyl sites for hydroxylation is 1. The maximum atomic E-state index is 5.44. The van der Waals surface area contributed by atoms with Crippen molar-refractivity contribution >= 4 is 0 Å². The van der Waals surface area contributed by atoms with Crippen LogP contribution < -0.4 is 5.32 Å². The van der Waals surface area contributed by atoms with Gasteiger partial charge in [-0.1, -0.05) is 0 Å². The number of hydrogen-bond donors (Lipinski definition) is 2. The van der Waals surface area contributed by atoms with E-state index in [4.69, 9.17) is 4.74 Å². The molecule has 0 saturated carbocycles. The summed E-state index contributed by atoms with van der Waals surface area (Å²) in [5, 5.41) is 3.50. The summed E-state index contributed by atoms with van der Waals surface area (Å²) in [6.07, 6.45) is 8.39. The number of aromatic amines is 1. The van der Waals surface area contributed by atoms with Gasteiger partial charge in [-0.05, 0) is 31.7 Å². The van der Waals surface area contributed by atoms with E-state index < -0.39 is 0 Å². The Morgan fingerprint density at radius 1 is 1.56 bits per heavy atom. The van der Waals surface area contributed by atoms with Crippen LogP contribution in [0.25, 0.3) is 0 Å². The van der Waals surface area contributed by atoms with E-state index in [-0.39, 0.29) is 0 Å². The lowest BCUT2D eigenvalue weighted by atomic mass is 10.0. The molecule has 1 atom stereocenters. The number of aromatic nitrogens is 2. The fraction of sp³-hybridized carbons (Fsp3) is 0.750. The number of H-pyrrole nitrogens is 1. The fourth-order valence-electron chi connectivity index (χ4n) is 2.09. The van der Waals surface area contributed by atoms with Crippen LogP contribution in [-0.4, -0.2) is 36.3 Å². The molecule has 1 unspecified atom stereocenters. The highest BCUT2D eigenvalue weighted by molar-refractivity contribution is 4.86. The minimum atomic E-state index is 0.720. The van der Waals surface area contributed by atoms with Crippen LogP contribution in [-0.2, 0) is 11.2 Å². The summed E-state index contributed by atoms with van der Waals surface area (Å²) < 4.78 is 5.44. The first-order chi connectivity index (χ1) is 7.95. The molecular weight excluding hydrogens is 202 g/mol. The Kier molecular flexibility index (Phi) is 4.83. The van der Waals surface area contributed by atoms with Crippen molar-refractivity contribution in [2.24, 2.45) is 5.92 Å². The Hall–Kier alpha value is -0.870. The average Bonchev–Trinajstić information content (AvgIpc) is 2.83. The Morgan fingerprint density at radius 2 is 2.56 bits per heavy atom. The fourth-order valence-corrected chi connectivity index (χ4v) is 2.09. The van der Waals surface area contributed by atoms with Crippen LogP contribution in [0.5, 0.6) is 0 Å². The van der Waals surface area contributed by atoms with Gasteiger partial charge in [-0.2, -0.15) is 0 Å². The SMILES string of the molecule is c1c[nH]c(CCCNCC2CCCOC2)n1. The minimum Gasteiger partial charge on any atom is -0.381 e. The van der Waals surface area contributed by atoms with Gasteiger partial charge in [0.05, 0.1) is 6.61 Å². The van der Waals surface area contributed by atoms with Crippen molar-refractivity contribution < 1.29 is 4.74 Å². The molecule has 0 radical (unpaired) electrons. The molecule has 0 aliphatic carbocycles. The number of hydrogen-bond acceptors (Lipinski definition) is 3. The number of imidazole rings is 1. The second-order valence-electron chi connectivity index (χ2n) is 4.43. The second kappa shape index (κ2) is 6.66. The van der Waals surface area contributed by atoms with Crippen molar-refractivity contribution in [3.05, 3.63) is 18.2 Å². The molecule has 4 nitrogen and oxygen atoms in total. The van der Waals surface area contributed by atoms with Gasteiger partial charge in [-0.15, -0.1) is 0 Å². The molecule has 16 heavy (non-hydrogen) atoms. The van der Waals surface area contributed by atoms with Crippen LogP contribution >= 0.6 is 0 Å². The van der Waals surface area contributed by atoms with Crippen molar-refractivity contribution in [2.45, 2.75) is 25.7 Å². The van der Waals surface area contributed by atoms with Crippen molar-refractivity contribution in [1.29, 1.82) is 0 Å². The zero-order chi connectivity index (χ0) is 11.1. The molecule has 2 N–H and O–H groups in total. The molecule has 0 spiro atoms. The molecule has 0 aromatic carbocycles. The van der Waals surface area contributed by atoms with E-state index in [9.17, 15) is 0 Å². The van der Waals surface area contributed by atoms with Gasteiger partial charge in [-0.25, -0.2) is 4.98 Å². The van der Waals surface area contributed by atoms with E-state index in [1.807, 2.05) is 12.4 Å². The smallest absolute Gasteiger partial charge is 0.106 e. The maximum Gasteiger partial charge on any atom is 0.106 e. The average molecular weight is 223 g/mol. The lowest BCUT2D eigenvalue weighted by Gasteiger charge is -2.22. The predicted octanol–water partition coefficient (Wildman–Crippen LogP) is 1.36. The van der Waals surface area contributed by atoms with Gasteiger partial charge < -0.3 is 15.0 Å². The van der Waals surface area contributed by atoms with Crippen LogP contribution in [0.3, 0.4) is 0 Å². The van der Waals surface area contributed by atoms with Gasteiger partial charge in [0.25, 0.3) is 0 Å². The third-order valence-corrected chi connectivity index (χ3v) is 3.01. The third kappa shape index (κ3) is 3.94. The van der Waals surface area contributed by atoms with E-state index in [1.54, 1.807) is 0 Å². The minimum absolute atomic E-state index is 0.720. The van der Waals surface area contributed by atoms with Crippen LogP contribution in [0.2, 0.25) is 0 Å². The number of rotatable bonds is 6. The van der Waals surface area contributed by atoms with Gasteiger partial charge in [0.1, 0.15) is 5.82 Å². The van der Waals surface area contributed by atoms with Crippen LogP contribution in [0, 0.1) is 5.92 Å². The zero-order valence-corrected chi connectivity index (χ0v) is 9.74. The Morgan fingerprint density at radius 3 is 3.31 bits per heavy atom. The molecule has 1 aromatic rings. The lowest BCUT2D eigenvalue weighted by molar-refractivity contribution is 0.0549. The van der Waals surface area contributed by atoms with E-state index in [2.05, 4.69) is 15.3 Å². The van der Waals surface area contributed by atoms with Crippen molar-refractivity contribution in [3.63, 3.8) is 0 Å². The molecule has 90 valence electrons. The molecule has 0 amide bonds. The molecule has 2 rings (SSSR count). The summed E-state index contributed by atoms with van der Waals surface area (Å²) >= 11 is 0. The summed E-state index contributed by atoms with van der Waals surface area (Å²) in [5.41, 5.74) is 0. The van der Waals surface area contributed by atoms with Crippen molar-refractivity contribution in [1.82, 2.24) is 15.3 Å². The normalized spacial score (nSPS) is 21.1. The van der Waals surface area contributed by atoms with Crippen LogP contribution in [0.4, 0.5) is 0 Å². The zero-order valence-electron chi connectivity index (χ0n) is 9.74. The van der Waals surface area contributed by atoms with Gasteiger partial charge in [0, 0.05) is 32.0 Å². The van der Waals surface area contributed by atoms with E-state index >= 15 is 0 Å². The topological polar surface area (TPSA) is 49.9 Å². The number of nitrogens with one attached hydrogen (secondary N) is 2. The summed E-state index contributed by atoms with van der Waals surface area (Å²) in [6, 6.07) is 0. The Labute approximate surface area is 96.8 Å². The highest BCUT2D eigenvalue weighted by Gasteiger charge is 2.12. The molecule has 4 heteroatoms. The summed E-state index contributed by atoms with van der Waals surface area (Å²) in [5.74, 6) is 1.81. The van der Waals surface area contributed by atoms with Crippen LogP contribution in [0.15, 0.2) is 12.4 Å². The number of ether oxygens (including phenoxy) is 1. The highest BCUT2D eigenvalue weighted by atomic mass is 16.5. The monoisotopic (exact) mass is 223 g/mol. The standard InChI is InChI=1S/C12H21N3O/c1(4-12-14-6-7-15-12)5-13-9-11-3-2-8-16-10-11/h6-7,11,13H,1-5,8-10H2,(H,14,15). The maximum absolute atomic E-state index is 5.44. The first-order valence-corrected chi connectivity index (χ1v) is 6.22. The van der Waals surface area contributed by atoms with Gasteiger partial charge in [0.15, 0.2) is 0 Å². The summed E-state index contributed by atoms with van der Waals surface area (Å²) in [6.45, 7) is 4.05. The second-order valence-corrected chi connectivity index (χ2v) is 4.43. The molecule has 2 heterocycles. The third-order valence-electron chi connectivity index (χ3n) is 3.01. The summed E-state index contributed by atoms with van der Waals surface area (Å²) in [7, 11) is 0. The number of nitrogens with zero attached hydrogens (tertiary/aromatic N) is 1. The van der Waals surface area contributed by atoms with Crippen molar-refractivity contribution in [3.8, 4) is 0 Å². The predicted molar refractivity (Wildman–Crippen MR) is 63.3 cm³/mol. The molecule has 1 saturated heterocycles. The van der Waals surface area contributed by atoms with Gasteiger partial charge in [0.2, 0.25) is 0 Å². The molecule has 0 bridgehead atoms. The lowest BCUT2D eigenvalue weighted by Crippen LogP contribution is -2.29. The van der Waals surface area contributed by atoms with Crippen LogP contribution in [0.1, 0.15) is 25.1 Å². The van der Waals surface area contributed by atoms with Crippen molar-refractivity contribution in [2.75, 3.05) is 26.3 Å². The first kappa shape index (κ1) is 11.6. The molecule has 1 aliphatic heterocycles. The van der Waals surface area contributed by atoms with E-state index in [0.717, 1.165) is 50.9 Å². The quantitative estimate of drug-likeness (QED) is 0.716. The summed E-state index contributed by atoms with van der Waals surface area (Å²) in [4.78, 5) is 7.32. The first-order valence-electron chi connectivity index (χ1n) is 6.22. The van der Waals surface area contributed by atoms with Gasteiger partial charge >= 0.3 is 0 Å². The molecule has 1 aliphatic rings. The molecular formula is C12H21N3O. The van der Waals surface area contributed by atoms with E-state index in [1.165, 1.54) is 12.8 Å². The highest BCUT2D eigenvalue weighted by Crippen LogP contribution is 2.11. The van der Waals surface area contributed by atoms with Gasteiger partial charge in [-0.3, -0.25) is 0 Å². The molecule has 1 fully saturated rings. The molecule has 1 aromatic heterocycles. The largest absolute Gasteiger partial charge is 0.381 e.